The number of anilines is 1. The summed E-state index contributed by atoms with van der Waals surface area (Å²) >= 11 is 0. The van der Waals surface area contributed by atoms with Crippen LogP contribution in [0.1, 0.15) is 16.8 Å². The molecule has 0 saturated carbocycles. The average Bonchev–Trinajstić information content (AvgIpc) is 2.83. The number of benzene rings is 1. The van der Waals surface area contributed by atoms with Crippen molar-refractivity contribution >= 4 is 21.6 Å². The van der Waals surface area contributed by atoms with E-state index in [2.05, 4.69) is 10.6 Å². The summed E-state index contributed by atoms with van der Waals surface area (Å²) in [6.45, 7) is 1.54. The highest BCUT2D eigenvalue weighted by Crippen LogP contribution is 2.17. The van der Waals surface area contributed by atoms with E-state index in [-0.39, 0.29) is 23.2 Å². The molecular formula is C12H16FN3O3S. The smallest absolute Gasteiger partial charge is 0.251 e. The van der Waals surface area contributed by atoms with Crippen LogP contribution < -0.4 is 15.4 Å². The first-order chi connectivity index (χ1) is 9.35. The van der Waals surface area contributed by atoms with Gasteiger partial charge in [-0.2, -0.15) is 0 Å². The van der Waals surface area contributed by atoms with Crippen molar-refractivity contribution in [2.75, 3.05) is 24.1 Å². The Morgan fingerprint density at radius 3 is 2.80 bits per heavy atom. The molecule has 1 atom stereocenters. The fourth-order valence-electron chi connectivity index (χ4n) is 1.99. The molecule has 6 nitrogen and oxygen atoms in total. The zero-order valence-corrected chi connectivity index (χ0v) is 11.8. The molecule has 1 heterocycles. The van der Waals surface area contributed by atoms with Gasteiger partial charge in [-0.05, 0) is 31.2 Å². The predicted octanol–water partition coefficient (Wildman–Crippen LogP) is 0.289. The number of halogens is 1. The second-order valence-corrected chi connectivity index (χ2v) is 6.48. The number of hydrogen-bond donors (Lipinski definition) is 3. The van der Waals surface area contributed by atoms with E-state index in [4.69, 9.17) is 0 Å². The van der Waals surface area contributed by atoms with Crippen molar-refractivity contribution in [1.29, 1.82) is 0 Å². The van der Waals surface area contributed by atoms with Gasteiger partial charge in [-0.3, -0.25) is 9.52 Å². The number of rotatable bonds is 4. The van der Waals surface area contributed by atoms with Crippen LogP contribution in [0.15, 0.2) is 18.2 Å². The molecule has 0 spiro atoms. The summed E-state index contributed by atoms with van der Waals surface area (Å²) in [6, 6.07) is 3.61. The average molecular weight is 301 g/mol. The fourth-order valence-corrected chi connectivity index (χ4v) is 2.55. The SMILES string of the molecule is CS(=O)(=O)Nc1cc(C(=O)NC2CCNC2)ccc1F. The van der Waals surface area contributed by atoms with Crippen molar-refractivity contribution in [3.63, 3.8) is 0 Å². The van der Waals surface area contributed by atoms with Crippen LogP contribution in [0.5, 0.6) is 0 Å². The number of hydrogen-bond acceptors (Lipinski definition) is 4. The minimum atomic E-state index is -3.60. The third kappa shape index (κ3) is 3.91. The number of carbonyl (C=O) groups excluding carboxylic acids is 1. The van der Waals surface area contributed by atoms with Gasteiger partial charge in [0.15, 0.2) is 0 Å². The topological polar surface area (TPSA) is 87.3 Å². The summed E-state index contributed by atoms with van der Waals surface area (Å²) in [5.41, 5.74) is -0.0193. The molecule has 3 N–H and O–H groups in total. The van der Waals surface area contributed by atoms with E-state index in [1.807, 2.05) is 4.72 Å². The maximum absolute atomic E-state index is 13.5. The summed E-state index contributed by atoms with van der Waals surface area (Å²) < 4.78 is 37.8. The fraction of sp³-hybridized carbons (Fsp3) is 0.417. The molecule has 1 unspecified atom stereocenters. The molecule has 0 bridgehead atoms. The molecule has 8 heteroatoms. The van der Waals surface area contributed by atoms with Crippen molar-refractivity contribution < 1.29 is 17.6 Å². The van der Waals surface area contributed by atoms with E-state index in [9.17, 15) is 17.6 Å². The van der Waals surface area contributed by atoms with Crippen LogP contribution in [0, 0.1) is 5.82 Å². The zero-order chi connectivity index (χ0) is 14.8. The molecule has 0 aromatic heterocycles. The van der Waals surface area contributed by atoms with Crippen molar-refractivity contribution in [2.45, 2.75) is 12.5 Å². The molecule has 110 valence electrons. The molecule has 1 saturated heterocycles. The van der Waals surface area contributed by atoms with Gasteiger partial charge in [0.25, 0.3) is 5.91 Å². The second-order valence-electron chi connectivity index (χ2n) is 4.73. The lowest BCUT2D eigenvalue weighted by Crippen LogP contribution is -2.36. The Balaban J connectivity index is 2.15. The van der Waals surface area contributed by atoms with Crippen LogP contribution >= 0.6 is 0 Å². The van der Waals surface area contributed by atoms with E-state index in [1.54, 1.807) is 0 Å². The van der Waals surface area contributed by atoms with Gasteiger partial charge < -0.3 is 10.6 Å². The Morgan fingerprint density at radius 1 is 1.45 bits per heavy atom. The van der Waals surface area contributed by atoms with Gasteiger partial charge in [0.05, 0.1) is 11.9 Å². The number of amides is 1. The molecule has 1 aliphatic rings. The third-order valence-corrected chi connectivity index (χ3v) is 3.51. The molecule has 1 fully saturated rings. The Labute approximate surface area is 116 Å². The largest absolute Gasteiger partial charge is 0.348 e. The van der Waals surface area contributed by atoms with Crippen LogP contribution in [-0.2, 0) is 10.0 Å². The van der Waals surface area contributed by atoms with Gasteiger partial charge in [0.2, 0.25) is 10.0 Å². The lowest BCUT2D eigenvalue weighted by atomic mass is 10.1. The first kappa shape index (κ1) is 14.7. The minimum absolute atomic E-state index is 0.0406. The van der Waals surface area contributed by atoms with Crippen molar-refractivity contribution in [3.8, 4) is 0 Å². The van der Waals surface area contributed by atoms with Gasteiger partial charge in [-0.25, -0.2) is 12.8 Å². The van der Waals surface area contributed by atoms with E-state index in [0.717, 1.165) is 25.3 Å². The van der Waals surface area contributed by atoms with Crippen molar-refractivity contribution in [2.24, 2.45) is 0 Å². The van der Waals surface area contributed by atoms with Crippen LogP contribution in [0.2, 0.25) is 0 Å². The lowest BCUT2D eigenvalue weighted by molar-refractivity contribution is 0.0940. The van der Waals surface area contributed by atoms with Gasteiger partial charge in [-0.15, -0.1) is 0 Å². The molecule has 1 aromatic rings. The van der Waals surface area contributed by atoms with Crippen molar-refractivity contribution in [1.82, 2.24) is 10.6 Å². The molecule has 0 aliphatic carbocycles. The lowest BCUT2D eigenvalue weighted by Gasteiger charge is -2.12. The molecule has 0 radical (unpaired) electrons. The third-order valence-electron chi connectivity index (χ3n) is 2.92. The molecule has 1 aromatic carbocycles. The predicted molar refractivity (Wildman–Crippen MR) is 73.6 cm³/mol. The van der Waals surface area contributed by atoms with Crippen molar-refractivity contribution in [3.05, 3.63) is 29.6 Å². The number of carbonyl (C=O) groups is 1. The molecule has 20 heavy (non-hydrogen) atoms. The normalized spacial score (nSPS) is 18.8. The van der Waals surface area contributed by atoms with Crippen LogP contribution in [0.25, 0.3) is 0 Å². The van der Waals surface area contributed by atoms with Gasteiger partial charge in [0.1, 0.15) is 5.82 Å². The molecular weight excluding hydrogens is 285 g/mol. The summed E-state index contributed by atoms with van der Waals surface area (Å²) in [5, 5.41) is 5.92. The Kier molecular flexibility index (Phi) is 4.24. The first-order valence-electron chi connectivity index (χ1n) is 6.14. The Bertz CT molecular complexity index is 612. The monoisotopic (exact) mass is 301 g/mol. The van der Waals surface area contributed by atoms with E-state index < -0.39 is 15.8 Å². The van der Waals surface area contributed by atoms with E-state index in [1.165, 1.54) is 12.1 Å². The quantitative estimate of drug-likeness (QED) is 0.746. The molecule has 1 amide bonds. The van der Waals surface area contributed by atoms with Gasteiger partial charge in [-0.1, -0.05) is 0 Å². The molecule has 2 rings (SSSR count). The summed E-state index contributed by atoms with van der Waals surface area (Å²) in [7, 11) is -3.60. The van der Waals surface area contributed by atoms with Gasteiger partial charge in [0, 0.05) is 18.2 Å². The van der Waals surface area contributed by atoms with Crippen LogP contribution in [0.4, 0.5) is 10.1 Å². The van der Waals surface area contributed by atoms with Crippen LogP contribution in [-0.4, -0.2) is 39.7 Å². The Morgan fingerprint density at radius 2 is 2.20 bits per heavy atom. The standard InChI is InChI=1S/C12H16FN3O3S/c1-20(18,19)16-11-6-8(2-3-10(11)13)12(17)15-9-4-5-14-7-9/h2-3,6,9,14,16H,4-5,7H2,1H3,(H,15,17). The maximum Gasteiger partial charge on any atom is 0.251 e. The highest BCUT2D eigenvalue weighted by atomic mass is 32.2. The number of sulfonamides is 1. The highest BCUT2D eigenvalue weighted by molar-refractivity contribution is 7.92. The minimum Gasteiger partial charge on any atom is -0.348 e. The summed E-state index contributed by atoms with van der Waals surface area (Å²) in [6.07, 6.45) is 1.75. The zero-order valence-electron chi connectivity index (χ0n) is 10.9. The summed E-state index contributed by atoms with van der Waals surface area (Å²) in [4.78, 5) is 12.0. The highest BCUT2D eigenvalue weighted by Gasteiger charge is 2.18. The Hall–Kier alpha value is -1.67. The molecule has 1 aliphatic heterocycles. The number of nitrogens with one attached hydrogen (secondary N) is 3. The second kappa shape index (κ2) is 5.76. The van der Waals surface area contributed by atoms with E-state index in [0.29, 0.717) is 6.54 Å². The first-order valence-corrected chi connectivity index (χ1v) is 8.03. The van der Waals surface area contributed by atoms with E-state index >= 15 is 0 Å². The van der Waals surface area contributed by atoms with Crippen LogP contribution in [0.3, 0.4) is 0 Å². The van der Waals surface area contributed by atoms with Gasteiger partial charge >= 0.3 is 0 Å². The summed E-state index contributed by atoms with van der Waals surface area (Å²) in [5.74, 6) is -1.08. The maximum atomic E-state index is 13.5.